The fourth-order valence-electron chi connectivity index (χ4n) is 5.74. The van der Waals surface area contributed by atoms with Crippen LogP contribution < -0.4 is 11.2 Å². The fraction of sp³-hybridized carbons (Fsp3) is 0.632. The minimum absolute atomic E-state index is 0.128. The van der Waals surface area contributed by atoms with Gasteiger partial charge in [0.2, 0.25) is 0 Å². The maximum absolute atomic E-state index is 13.9. The summed E-state index contributed by atoms with van der Waals surface area (Å²) in [4.78, 5) is 33.5. The van der Waals surface area contributed by atoms with E-state index >= 15 is 0 Å². The Balaban J connectivity index is 2.09. The molecule has 0 saturated heterocycles. The van der Waals surface area contributed by atoms with E-state index in [9.17, 15) is 9.59 Å². The third-order valence-electron chi connectivity index (χ3n) is 8.62. The van der Waals surface area contributed by atoms with Gasteiger partial charge in [0.15, 0.2) is 5.41 Å². The predicted octanol–water partition coefficient (Wildman–Crippen LogP) is 10.7. The highest BCUT2D eigenvalue weighted by Crippen LogP contribution is 2.36. The second-order valence-corrected chi connectivity index (χ2v) is 12.4. The number of nitrogens with one attached hydrogen (secondary N) is 1. The number of benzene rings is 2. The van der Waals surface area contributed by atoms with Gasteiger partial charge in [-0.2, -0.15) is 0 Å². The Kier molecular flexibility index (Phi) is 19.7. The highest BCUT2D eigenvalue weighted by atomic mass is 16.7. The number of nitrogens with two attached hydrogens (primary N) is 1. The molecule has 6 heteroatoms. The van der Waals surface area contributed by atoms with Crippen LogP contribution in [0.3, 0.4) is 0 Å². The Bertz CT molecular complexity index is 1000. The smallest absolute Gasteiger partial charge is 0.349 e. The standard InChI is InChI=1S/C38H60N2O4/c1-3-5-7-9-11-13-15-17-24-30-38(31-25-18-16-14-12-10-8-6-4-2,36(41)43-32-33-26-20-19-21-27-33)37(42)44-40-35-29-23-22-28-34(35)39/h19-23,26-29,40H,3-18,24-25,30-32,39H2,1-2H3. The zero-order valence-corrected chi connectivity index (χ0v) is 27.8. The van der Waals surface area contributed by atoms with Crippen molar-refractivity contribution in [3.63, 3.8) is 0 Å². The molecule has 0 unspecified atom stereocenters. The molecule has 6 nitrogen and oxygen atoms in total. The molecule has 2 aromatic carbocycles. The molecule has 0 aliphatic rings. The van der Waals surface area contributed by atoms with E-state index in [2.05, 4.69) is 19.3 Å². The van der Waals surface area contributed by atoms with Crippen molar-refractivity contribution < 1.29 is 19.2 Å². The number of para-hydroxylation sites is 2. The topological polar surface area (TPSA) is 90.7 Å². The van der Waals surface area contributed by atoms with E-state index in [-0.39, 0.29) is 6.61 Å². The highest BCUT2D eigenvalue weighted by Gasteiger charge is 2.48. The van der Waals surface area contributed by atoms with E-state index in [1.807, 2.05) is 42.5 Å². The monoisotopic (exact) mass is 608 g/mol. The number of nitrogen functional groups attached to an aromatic ring is 1. The molecule has 0 amide bonds. The molecule has 0 radical (unpaired) electrons. The van der Waals surface area contributed by atoms with Crippen LogP contribution in [0.25, 0.3) is 0 Å². The molecule has 0 spiro atoms. The van der Waals surface area contributed by atoms with Crippen LogP contribution in [0, 0.1) is 5.41 Å². The lowest BCUT2D eigenvalue weighted by Crippen LogP contribution is -2.43. The zero-order chi connectivity index (χ0) is 31.7. The molecular weight excluding hydrogens is 548 g/mol. The van der Waals surface area contributed by atoms with Gasteiger partial charge in [0.1, 0.15) is 6.61 Å². The summed E-state index contributed by atoms with van der Waals surface area (Å²) >= 11 is 0. The van der Waals surface area contributed by atoms with Crippen LogP contribution in [0.5, 0.6) is 0 Å². The molecule has 0 aliphatic carbocycles. The van der Waals surface area contributed by atoms with Gasteiger partial charge in [-0.05, 0) is 30.5 Å². The molecule has 2 aromatic rings. The van der Waals surface area contributed by atoms with E-state index in [1.165, 1.54) is 77.0 Å². The lowest BCUT2D eigenvalue weighted by atomic mass is 9.77. The molecule has 2 rings (SSSR count). The molecule has 0 aromatic heterocycles. The van der Waals surface area contributed by atoms with Crippen molar-refractivity contribution in [3.8, 4) is 0 Å². The minimum atomic E-state index is -1.37. The summed E-state index contributed by atoms with van der Waals surface area (Å²) in [7, 11) is 0. The van der Waals surface area contributed by atoms with Crippen LogP contribution in [-0.2, 0) is 25.8 Å². The van der Waals surface area contributed by atoms with E-state index in [0.29, 0.717) is 24.2 Å². The summed E-state index contributed by atoms with van der Waals surface area (Å²) in [6.45, 7) is 4.60. The molecule has 3 N–H and O–H groups in total. The van der Waals surface area contributed by atoms with Crippen LogP contribution >= 0.6 is 0 Å². The number of rotatable bonds is 26. The van der Waals surface area contributed by atoms with E-state index in [0.717, 1.165) is 44.1 Å². The van der Waals surface area contributed by atoms with Crippen molar-refractivity contribution in [1.82, 2.24) is 0 Å². The molecule has 246 valence electrons. The van der Waals surface area contributed by atoms with Gasteiger partial charge in [-0.3, -0.25) is 4.79 Å². The fourth-order valence-corrected chi connectivity index (χ4v) is 5.74. The van der Waals surface area contributed by atoms with Crippen molar-refractivity contribution in [2.75, 3.05) is 11.2 Å². The summed E-state index contributed by atoms with van der Waals surface area (Å²) in [6, 6.07) is 16.7. The highest BCUT2D eigenvalue weighted by molar-refractivity contribution is 6.00. The van der Waals surface area contributed by atoms with Gasteiger partial charge in [0.25, 0.3) is 0 Å². The average molecular weight is 609 g/mol. The third kappa shape index (κ3) is 14.6. The maximum atomic E-state index is 13.9. The summed E-state index contributed by atoms with van der Waals surface area (Å²) in [5.41, 5.74) is 9.30. The molecule has 44 heavy (non-hydrogen) atoms. The number of carbonyl (C=O) groups excluding carboxylic acids is 2. The average Bonchev–Trinajstić information content (AvgIpc) is 3.04. The Labute approximate surface area is 267 Å². The van der Waals surface area contributed by atoms with Crippen molar-refractivity contribution in [2.45, 2.75) is 149 Å². The lowest BCUT2D eigenvalue weighted by Gasteiger charge is -2.29. The van der Waals surface area contributed by atoms with Gasteiger partial charge in [-0.15, -0.1) is 0 Å². The SMILES string of the molecule is CCCCCCCCCCCC(CCCCCCCCCCC)(C(=O)OCc1ccccc1)C(=O)ONc1ccccc1N. The number of unbranched alkanes of at least 4 members (excludes halogenated alkanes) is 16. The van der Waals surface area contributed by atoms with Crippen LogP contribution in [0.2, 0.25) is 0 Å². The van der Waals surface area contributed by atoms with Crippen molar-refractivity contribution in [2.24, 2.45) is 5.41 Å². The first-order valence-corrected chi connectivity index (χ1v) is 17.6. The summed E-state index contributed by atoms with van der Waals surface area (Å²) in [5, 5.41) is 0. The largest absolute Gasteiger partial charge is 0.460 e. The number of carbonyl (C=O) groups is 2. The van der Waals surface area contributed by atoms with Crippen LogP contribution in [0.15, 0.2) is 54.6 Å². The van der Waals surface area contributed by atoms with Gasteiger partial charge >= 0.3 is 11.9 Å². The molecular formula is C38H60N2O4. The van der Waals surface area contributed by atoms with Gasteiger partial charge in [-0.1, -0.05) is 172 Å². The number of anilines is 2. The van der Waals surface area contributed by atoms with E-state index in [4.69, 9.17) is 15.3 Å². The van der Waals surface area contributed by atoms with Gasteiger partial charge in [-0.25, -0.2) is 10.3 Å². The normalized spacial score (nSPS) is 11.3. The third-order valence-corrected chi connectivity index (χ3v) is 8.62. The summed E-state index contributed by atoms with van der Waals surface area (Å²) < 4.78 is 5.86. The molecule has 0 saturated carbocycles. The molecule has 0 atom stereocenters. The first-order chi connectivity index (χ1) is 21.5. The summed E-state index contributed by atoms with van der Waals surface area (Å²) in [6.07, 6.45) is 21.7. The first kappa shape index (κ1) is 37.2. The van der Waals surface area contributed by atoms with Crippen molar-refractivity contribution in [1.29, 1.82) is 0 Å². The number of ether oxygens (including phenoxy) is 1. The van der Waals surface area contributed by atoms with Crippen LogP contribution in [0.4, 0.5) is 11.4 Å². The zero-order valence-electron chi connectivity index (χ0n) is 27.8. The molecule has 0 heterocycles. The minimum Gasteiger partial charge on any atom is -0.460 e. The van der Waals surface area contributed by atoms with Crippen molar-refractivity contribution in [3.05, 3.63) is 60.2 Å². The number of hydrogen-bond donors (Lipinski definition) is 2. The second-order valence-electron chi connectivity index (χ2n) is 12.4. The van der Waals surface area contributed by atoms with Crippen molar-refractivity contribution >= 4 is 23.3 Å². The van der Waals surface area contributed by atoms with Gasteiger partial charge in [0, 0.05) is 0 Å². The quantitative estimate of drug-likeness (QED) is 0.0363. The predicted molar refractivity (Wildman–Crippen MR) is 183 cm³/mol. The molecule has 0 fully saturated rings. The Morgan fingerprint density at radius 2 is 1.07 bits per heavy atom. The number of esters is 1. The van der Waals surface area contributed by atoms with E-state index < -0.39 is 17.4 Å². The first-order valence-electron chi connectivity index (χ1n) is 17.6. The van der Waals surface area contributed by atoms with Crippen LogP contribution in [-0.4, -0.2) is 11.9 Å². The van der Waals surface area contributed by atoms with Gasteiger partial charge < -0.3 is 15.3 Å². The van der Waals surface area contributed by atoms with E-state index in [1.54, 1.807) is 12.1 Å². The maximum Gasteiger partial charge on any atom is 0.349 e. The second kappa shape index (κ2) is 23.4. The lowest BCUT2D eigenvalue weighted by molar-refractivity contribution is -0.173. The Morgan fingerprint density at radius 3 is 1.57 bits per heavy atom. The Hall–Kier alpha value is -3.02. The summed E-state index contributed by atoms with van der Waals surface area (Å²) in [5.74, 6) is -1.08. The Morgan fingerprint density at radius 1 is 0.614 bits per heavy atom. The molecule has 0 bridgehead atoms. The molecule has 0 aliphatic heterocycles. The van der Waals surface area contributed by atoms with Crippen LogP contribution in [0.1, 0.15) is 148 Å². The van der Waals surface area contributed by atoms with Gasteiger partial charge in [0.05, 0.1) is 11.4 Å². The number of hydrogen-bond acceptors (Lipinski definition) is 6.